The van der Waals surface area contributed by atoms with Crippen molar-refractivity contribution in [2.75, 3.05) is 7.11 Å². The van der Waals surface area contributed by atoms with Crippen LogP contribution in [0.15, 0.2) is 48.5 Å². The lowest BCUT2D eigenvalue weighted by Gasteiger charge is -2.03. The molecule has 0 atom stereocenters. The minimum atomic E-state index is -0.238. The summed E-state index contributed by atoms with van der Waals surface area (Å²) in [7, 11) is 1.58. The fourth-order valence-electron chi connectivity index (χ4n) is 1.79. The van der Waals surface area contributed by atoms with Gasteiger partial charge < -0.3 is 4.74 Å². The molecule has 0 radical (unpaired) electrons. The highest BCUT2D eigenvalue weighted by Crippen LogP contribution is 2.17. The third-order valence-corrected chi connectivity index (χ3v) is 2.83. The molecule has 0 heterocycles. The molecule has 2 nitrogen and oxygen atoms in total. The van der Waals surface area contributed by atoms with Crippen LogP contribution in [0.25, 0.3) is 0 Å². The van der Waals surface area contributed by atoms with Crippen molar-refractivity contribution in [2.45, 2.75) is 6.92 Å². The van der Waals surface area contributed by atoms with Gasteiger partial charge in [-0.2, -0.15) is 0 Å². The zero-order valence-electron chi connectivity index (χ0n) is 11.9. The number of benzene rings is 2. The first-order valence-electron chi connectivity index (χ1n) is 6.47. The van der Waals surface area contributed by atoms with Gasteiger partial charge in [0.1, 0.15) is 5.75 Å². The normalized spacial score (nSPS) is 8.86. The van der Waals surface area contributed by atoms with Gasteiger partial charge in [-0.15, -0.1) is 0 Å². The van der Waals surface area contributed by atoms with E-state index in [0.717, 1.165) is 5.56 Å². The minimum absolute atomic E-state index is 0.238. The van der Waals surface area contributed by atoms with Gasteiger partial charge in [0.15, 0.2) is 0 Å². The number of methoxy groups -OCH3 is 1. The molecule has 0 spiro atoms. The van der Waals surface area contributed by atoms with E-state index in [1.165, 1.54) is 0 Å². The van der Waals surface area contributed by atoms with Crippen molar-refractivity contribution in [3.63, 3.8) is 0 Å². The Kier molecular flexibility index (Phi) is 4.80. The summed E-state index contributed by atoms with van der Waals surface area (Å²) in [6.07, 6.45) is 0. The molecule has 0 fully saturated rings. The van der Waals surface area contributed by atoms with Crippen LogP contribution in [0.3, 0.4) is 0 Å². The van der Waals surface area contributed by atoms with Gasteiger partial charge in [0.05, 0.1) is 7.11 Å². The van der Waals surface area contributed by atoms with E-state index in [4.69, 9.17) is 4.74 Å². The minimum Gasteiger partial charge on any atom is -0.497 e. The van der Waals surface area contributed by atoms with Gasteiger partial charge in [-0.3, -0.25) is 4.79 Å². The SMILES string of the molecule is CC#CC(=O)c1ccc(OC)cc1C#Cc1ccccc1. The monoisotopic (exact) mass is 274 g/mol. The Morgan fingerprint density at radius 2 is 1.81 bits per heavy atom. The maximum atomic E-state index is 12.0. The van der Waals surface area contributed by atoms with Crippen molar-refractivity contribution in [1.82, 2.24) is 0 Å². The van der Waals surface area contributed by atoms with E-state index in [2.05, 4.69) is 23.7 Å². The summed E-state index contributed by atoms with van der Waals surface area (Å²) >= 11 is 0. The quantitative estimate of drug-likeness (QED) is 0.477. The molecule has 2 rings (SSSR count). The summed E-state index contributed by atoms with van der Waals surface area (Å²) < 4.78 is 5.19. The van der Waals surface area contributed by atoms with E-state index in [9.17, 15) is 4.79 Å². The van der Waals surface area contributed by atoms with Crippen molar-refractivity contribution >= 4 is 5.78 Å². The number of carbonyl (C=O) groups is 1. The van der Waals surface area contributed by atoms with E-state index in [-0.39, 0.29) is 5.78 Å². The second kappa shape index (κ2) is 6.98. The molecule has 0 aliphatic heterocycles. The zero-order valence-corrected chi connectivity index (χ0v) is 11.9. The molecule has 2 aromatic rings. The Labute approximate surface area is 124 Å². The van der Waals surface area contributed by atoms with Crippen molar-refractivity contribution in [1.29, 1.82) is 0 Å². The molecule has 102 valence electrons. The molecule has 0 aromatic heterocycles. The fraction of sp³-hybridized carbons (Fsp3) is 0.105. The molecule has 0 saturated heterocycles. The van der Waals surface area contributed by atoms with Crippen LogP contribution in [0.4, 0.5) is 0 Å². The Hall–Kier alpha value is -2.97. The van der Waals surface area contributed by atoms with Gasteiger partial charge in [-0.05, 0) is 43.2 Å². The molecule has 0 aliphatic carbocycles. The smallest absolute Gasteiger partial charge is 0.237 e. The van der Waals surface area contributed by atoms with Gasteiger partial charge in [0.25, 0.3) is 0 Å². The van der Waals surface area contributed by atoms with Crippen molar-refractivity contribution < 1.29 is 9.53 Å². The summed E-state index contributed by atoms with van der Waals surface area (Å²) in [5, 5.41) is 0. The Balaban J connectivity index is 2.47. The Morgan fingerprint density at radius 3 is 2.48 bits per heavy atom. The van der Waals surface area contributed by atoms with Gasteiger partial charge in [-0.1, -0.05) is 36.0 Å². The summed E-state index contributed by atoms with van der Waals surface area (Å²) in [6, 6.07) is 14.8. The molecular weight excluding hydrogens is 260 g/mol. The van der Waals surface area contributed by atoms with Gasteiger partial charge in [0, 0.05) is 16.7 Å². The molecule has 0 aliphatic rings. The average molecular weight is 274 g/mol. The third-order valence-electron chi connectivity index (χ3n) is 2.83. The highest BCUT2D eigenvalue weighted by molar-refractivity contribution is 6.10. The number of ether oxygens (including phenoxy) is 1. The number of rotatable bonds is 2. The molecule has 0 bridgehead atoms. The van der Waals surface area contributed by atoms with Crippen LogP contribution in [0.1, 0.15) is 28.4 Å². The lowest BCUT2D eigenvalue weighted by molar-refractivity contribution is 0.105. The summed E-state index contributed by atoms with van der Waals surface area (Å²) in [5.74, 6) is 11.6. The number of hydrogen-bond donors (Lipinski definition) is 0. The first kappa shape index (κ1) is 14.4. The average Bonchev–Trinajstić information content (AvgIpc) is 2.53. The second-order valence-corrected chi connectivity index (χ2v) is 4.23. The fourth-order valence-corrected chi connectivity index (χ4v) is 1.79. The van der Waals surface area contributed by atoms with Crippen LogP contribution in [0.2, 0.25) is 0 Å². The predicted molar refractivity (Wildman–Crippen MR) is 83.2 cm³/mol. The topological polar surface area (TPSA) is 26.3 Å². The van der Waals surface area contributed by atoms with E-state index in [1.807, 2.05) is 30.3 Å². The molecule has 0 unspecified atom stereocenters. The number of ketones is 1. The first-order chi connectivity index (χ1) is 10.2. The molecular formula is C19H14O2. The molecule has 0 N–H and O–H groups in total. The van der Waals surface area contributed by atoms with Crippen molar-refractivity contribution in [2.24, 2.45) is 0 Å². The van der Waals surface area contributed by atoms with Crippen LogP contribution in [0.5, 0.6) is 5.75 Å². The molecule has 21 heavy (non-hydrogen) atoms. The zero-order chi connectivity index (χ0) is 15.1. The number of hydrogen-bond acceptors (Lipinski definition) is 2. The van der Waals surface area contributed by atoms with Gasteiger partial charge in [-0.25, -0.2) is 0 Å². The van der Waals surface area contributed by atoms with E-state index >= 15 is 0 Å². The number of Topliss-reactive ketones (excluding diaryl/α,β-unsaturated/α-hetero) is 1. The van der Waals surface area contributed by atoms with Crippen LogP contribution in [-0.2, 0) is 0 Å². The second-order valence-electron chi connectivity index (χ2n) is 4.23. The molecule has 0 amide bonds. The molecule has 0 saturated carbocycles. The number of carbonyl (C=O) groups excluding carboxylic acids is 1. The van der Waals surface area contributed by atoms with E-state index in [1.54, 1.807) is 32.2 Å². The summed E-state index contributed by atoms with van der Waals surface area (Å²) in [5.41, 5.74) is 2.00. The van der Waals surface area contributed by atoms with Gasteiger partial charge in [0.2, 0.25) is 5.78 Å². The summed E-state index contributed by atoms with van der Waals surface area (Å²) in [4.78, 5) is 12.0. The lowest BCUT2D eigenvalue weighted by atomic mass is 10.0. The van der Waals surface area contributed by atoms with Crippen LogP contribution >= 0.6 is 0 Å². The first-order valence-corrected chi connectivity index (χ1v) is 6.47. The van der Waals surface area contributed by atoms with Crippen molar-refractivity contribution in [3.05, 3.63) is 65.2 Å². The van der Waals surface area contributed by atoms with Crippen LogP contribution < -0.4 is 4.74 Å². The Morgan fingerprint density at radius 1 is 1.05 bits per heavy atom. The standard InChI is InChI=1S/C19H14O2/c1-3-7-19(20)18-13-12-17(21-2)14-16(18)11-10-15-8-5-4-6-9-15/h4-6,8-9,12-14H,1-2H3. The van der Waals surface area contributed by atoms with E-state index < -0.39 is 0 Å². The largest absolute Gasteiger partial charge is 0.497 e. The lowest BCUT2D eigenvalue weighted by Crippen LogP contribution is -1.99. The van der Waals surface area contributed by atoms with E-state index in [0.29, 0.717) is 16.9 Å². The highest BCUT2D eigenvalue weighted by Gasteiger charge is 2.09. The maximum absolute atomic E-state index is 12.0. The summed E-state index contributed by atoms with van der Waals surface area (Å²) in [6.45, 7) is 1.64. The van der Waals surface area contributed by atoms with Crippen LogP contribution in [-0.4, -0.2) is 12.9 Å². The third kappa shape index (κ3) is 3.75. The van der Waals surface area contributed by atoms with Crippen molar-refractivity contribution in [3.8, 4) is 29.4 Å². The predicted octanol–water partition coefficient (Wildman–Crippen LogP) is 3.30. The maximum Gasteiger partial charge on any atom is 0.237 e. The van der Waals surface area contributed by atoms with Crippen LogP contribution in [0, 0.1) is 23.7 Å². The molecule has 2 aromatic carbocycles. The molecule has 2 heteroatoms. The van der Waals surface area contributed by atoms with Gasteiger partial charge >= 0.3 is 0 Å². The Bertz CT molecular complexity index is 766. The highest BCUT2D eigenvalue weighted by atomic mass is 16.5.